The Bertz CT molecular complexity index is 464. The van der Waals surface area contributed by atoms with Crippen molar-refractivity contribution in [3.63, 3.8) is 0 Å². The highest BCUT2D eigenvalue weighted by Gasteiger charge is 2.06. The van der Waals surface area contributed by atoms with Gasteiger partial charge in [-0.3, -0.25) is 4.98 Å². The lowest BCUT2D eigenvalue weighted by atomic mass is 10.0. The fourth-order valence-electron chi connectivity index (χ4n) is 1.98. The van der Waals surface area contributed by atoms with Gasteiger partial charge in [0.25, 0.3) is 0 Å². The van der Waals surface area contributed by atoms with Crippen molar-refractivity contribution in [3.8, 4) is 0 Å². The molecule has 18 heavy (non-hydrogen) atoms. The zero-order valence-corrected chi connectivity index (χ0v) is 10.8. The molecule has 0 saturated carbocycles. The summed E-state index contributed by atoms with van der Waals surface area (Å²) in [6.45, 7) is 0. The van der Waals surface area contributed by atoms with Gasteiger partial charge in [0, 0.05) is 43.8 Å². The molecule has 2 heterocycles. The summed E-state index contributed by atoms with van der Waals surface area (Å²) < 4.78 is 2.05. The Morgan fingerprint density at radius 3 is 2.67 bits per heavy atom. The predicted octanol–water partition coefficient (Wildman–Crippen LogP) is 1.71. The van der Waals surface area contributed by atoms with Gasteiger partial charge in [0.15, 0.2) is 0 Å². The monoisotopic (exact) mass is 244 g/mol. The number of nitrogens with two attached hydrogens (primary N) is 1. The van der Waals surface area contributed by atoms with Crippen LogP contribution in [0.3, 0.4) is 0 Å². The number of nitrogens with zero attached hydrogens (tertiary/aromatic N) is 3. The van der Waals surface area contributed by atoms with Crippen molar-refractivity contribution in [2.75, 3.05) is 0 Å². The summed E-state index contributed by atoms with van der Waals surface area (Å²) in [5, 5.41) is 0. The highest BCUT2D eigenvalue weighted by atomic mass is 15.0. The van der Waals surface area contributed by atoms with Gasteiger partial charge in [-0.05, 0) is 31.4 Å². The van der Waals surface area contributed by atoms with Crippen LogP contribution >= 0.6 is 0 Å². The highest BCUT2D eigenvalue weighted by Crippen LogP contribution is 2.06. The molecule has 2 aromatic heterocycles. The second-order valence-electron chi connectivity index (χ2n) is 4.61. The first-order chi connectivity index (χ1) is 8.75. The van der Waals surface area contributed by atoms with Crippen molar-refractivity contribution in [1.29, 1.82) is 0 Å². The van der Waals surface area contributed by atoms with Crippen molar-refractivity contribution >= 4 is 0 Å². The lowest BCUT2D eigenvalue weighted by Gasteiger charge is -2.10. The summed E-state index contributed by atoms with van der Waals surface area (Å²) in [5.74, 6) is 1.10. The lowest BCUT2D eigenvalue weighted by molar-refractivity contribution is 0.551. The summed E-state index contributed by atoms with van der Waals surface area (Å²) in [7, 11) is 2.02. The Hall–Kier alpha value is -1.68. The van der Waals surface area contributed by atoms with Gasteiger partial charge in [0.2, 0.25) is 0 Å². The molecule has 0 saturated heterocycles. The molecule has 1 unspecified atom stereocenters. The third-order valence-corrected chi connectivity index (χ3v) is 3.16. The second kappa shape index (κ2) is 6.31. The number of pyridine rings is 1. The van der Waals surface area contributed by atoms with Gasteiger partial charge >= 0.3 is 0 Å². The van der Waals surface area contributed by atoms with Crippen LogP contribution in [0.2, 0.25) is 0 Å². The first-order valence-electron chi connectivity index (χ1n) is 6.37. The summed E-state index contributed by atoms with van der Waals surface area (Å²) in [6, 6.07) is 6.21. The van der Waals surface area contributed by atoms with Crippen LogP contribution in [-0.4, -0.2) is 20.6 Å². The molecule has 0 amide bonds. The van der Waals surface area contributed by atoms with E-state index in [2.05, 4.69) is 9.97 Å². The second-order valence-corrected chi connectivity index (χ2v) is 4.61. The molecule has 0 aliphatic rings. The fraction of sp³-hybridized carbons (Fsp3) is 0.429. The minimum absolute atomic E-state index is 0.212. The Labute approximate surface area is 108 Å². The van der Waals surface area contributed by atoms with Crippen LogP contribution < -0.4 is 5.73 Å². The maximum Gasteiger partial charge on any atom is 0.108 e. The molecule has 4 heteroatoms. The molecule has 0 aliphatic heterocycles. The van der Waals surface area contributed by atoms with Gasteiger partial charge < -0.3 is 10.3 Å². The normalized spacial score (nSPS) is 12.6. The molecule has 96 valence electrons. The van der Waals surface area contributed by atoms with E-state index >= 15 is 0 Å². The van der Waals surface area contributed by atoms with E-state index in [1.54, 1.807) is 0 Å². The first kappa shape index (κ1) is 12.8. The van der Waals surface area contributed by atoms with E-state index in [1.807, 2.05) is 48.4 Å². The number of hydrogen-bond acceptors (Lipinski definition) is 3. The molecule has 0 fully saturated rings. The van der Waals surface area contributed by atoms with Crippen LogP contribution in [0.25, 0.3) is 0 Å². The fourth-order valence-corrected chi connectivity index (χ4v) is 1.98. The summed E-state index contributed by atoms with van der Waals surface area (Å²) in [4.78, 5) is 8.60. The first-order valence-corrected chi connectivity index (χ1v) is 6.37. The van der Waals surface area contributed by atoms with E-state index in [-0.39, 0.29) is 6.04 Å². The smallest absolute Gasteiger partial charge is 0.108 e. The van der Waals surface area contributed by atoms with Crippen LogP contribution in [0.1, 0.15) is 24.4 Å². The largest absolute Gasteiger partial charge is 0.338 e. The highest BCUT2D eigenvalue weighted by molar-refractivity contribution is 5.03. The molecule has 0 aromatic carbocycles. The standard InChI is InChI=1S/C14H20N4/c1-18-11-10-17-14(18)8-6-12(15)5-7-13-4-2-3-9-16-13/h2-4,9-12H,5-8,15H2,1H3. The number of rotatable bonds is 6. The van der Waals surface area contributed by atoms with Gasteiger partial charge in [0.1, 0.15) is 5.82 Å². The third-order valence-electron chi connectivity index (χ3n) is 3.16. The average molecular weight is 244 g/mol. The van der Waals surface area contributed by atoms with Crippen molar-refractivity contribution < 1.29 is 0 Å². The molecule has 2 N–H and O–H groups in total. The minimum atomic E-state index is 0.212. The van der Waals surface area contributed by atoms with Crippen molar-refractivity contribution in [2.24, 2.45) is 12.8 Å². The Kier molecular flexibility index (Phi) is 4.47. The van der Waals surface area contributed by atoms with E-state index in [1.165, 1.54) is 0 Å². The van der Waals surface area contributed by atoms with Gasteiger partial charge in [-0.1, -0.05) is 6.07 Å². The van der Waals surface area contributed by atoms with Gasteiger partial charge in [-0.15, -0.1) is 0 Å². The van der Waals surface area contributed by atoms with Gasteiger partial charge in [0.05, 0.1) is 0 Å². The van der Waals surface area contributed by atoms with E-state index in [0.29, 0.717) is 0 Å². The summed E-state index contributed by atoms with van der Waals surface area (Å²) in [6.07, 6.45) is 9.45. The zero-order chi connectivity index (χ0) is 12.8. The molecule has 0 bridgehead atoms. The molecular formula is C14H20N4. The predicted molar refractivity (Wildman–Crippen MR) is 72.1 cm³/mol. The molecule has 0 aliphatic carbocycles. The molecule has 1 atom stereocenters. The minimum Gasteiger partial charge on any atom is -0.338 e. The van der Waals surface area contributed by atoms with E-state index in [9.17, 15) is 0 Å². The van der Waals surface area contributed by atoms with Crippen LogP contribution in [-0.2, 0) is 19.9 Å². The SMILES string of the molecule is Cn1ccnc1CCC(N)CCc1ccccn1. The average Bonchev–Trinajstić information content (AvgIpc) is 2.81. The maximum atomic E-state index is 6.12. The molecule has 2 rings (SSSR count). The van der Waals surface area contributed by atoms with Gasteiger partial charge in [-0.25, -0.2) is 4.98 Å². The van der Waals surface area contributed by atoms with E-state index in [4.69, 9.17) is 5.73 Å². The summed E-state index contributed by atoms with van der Waals surface area (Å²) in [5.41, 5.74) is 7.24. The summed E-state index contributed by atoms with van der Waals surface area (Å²) >= 11 is 0. The Morgan fingerprint density at radius 2 is 2.00 bits per heavy atom. The van der Waals surface area contributed by atoms with Crippen LogP contribution in [0.5, 0.6) is 0 Å². The number of imidazole rings is 1. The number of aryl methyl sites for hydroxylation is 3. The van der Waals surface area contributed by atoms with E-state index < -0.39 is 0 Å². The van der Waals surface area contributed by atoms with Crippen molar-refractivity contribution in [2.45, 2.75) is 31.7 Å². The zero-order valence-electron chi connectivity index (χ0n) is 10.8. The molecule has 4 nitrogen and oxygen atoms in total. The lowest BCUT2D eigenvalue weighted by Crippen LogP contribution is -2.22. The maximum absolute atomic E-state index is 6.12. The topological polar surface area (TPSA) is 56.7 Å². The Morgan fingerprint density at radius 1 is 1.17 bits per heavy atom. The van der Waals surface area contributed by atoms with Crippen LogP contribution in [0.15, 0.2) is 36.8 Å². The number of aromatic nitrogens is 3. The van der Waals surface area contributed by atoms with Crippen molar-refractivity contribution in [3.05, 3.63) is 48.3 Å². The van der Waals surface area contributed by atoms with E-state index in [0.717, 1.165) is 37.2 Å². The molecule has 2 aromatic rings. The van der Waals surface area contributed by atoms with Gasteiger partial charge in [-0.2, -0.15) is 0 Å². The molecule has 0 spiro atoms. The number of hydrogen-bond donors (Lipinski definition) is 1. The molecule has 0 radical (unpaired) electrons. The third kappa shape index (κ3) is 3.67. The molecular weight excluding hydrogens is 224 g/mol. The quantitative estimate of drug-likeness (QED) is 0.841. The Balaban J connectivity index is 1.73. The van der Waals surface area contributed by atoms with Crippen LogP contribution in [0.4, 0.5) is 0 Å². The van der Waals surface area contributed by atoms with Crippen molar-refractivity contribution in [1.82, 2.24) is 14.5 Å². The van der Waals surface area contributed by atoms with Crippen LogP contribution in [0, 0.1) is 0 Å².